The van der Waals surface area contributed by atoms with Gasteiger partial charge in [0, 0.05) is 22.8 Å². The van der Waals surface area contributed by atoms with Crippen LogP contribution >= 0.6 is 11.8 Å². The standard InChI is InChI=1S/C23H31N3O2S/c1-19-8-9-22(28-2)20(16-19)17-25-11-13-26(14-12-25)18-23(27)24-10-15-29-21-6-4-3-5-7-21/h3-9,16H,10-15,17-18H2,1-2H3,(H,24,27)/p+2. The molecule has 0 bridgehead atoms. The van der Waals surface area contributed by atoms with Crippen molar-refractivity contribution in [2.24, 2.45) is 0 Å². The van der Waals surface area contributed by atoms with Crippen molar-refractivity contribution in [1.82, 2.24) is 5.32 Å². The van der Waals surface area contributed by atoms with Gasteiger partial charge in [0.1, 0.15) is 38.5 Å². The van der Waals surface area contributed by atoms with Gasteiger partial charge in [-0.15, -0.1) is 11.8 Å². The molecule has 2 aromatic rings. The lowest BCUT2D eigenvalue weighted by molar-refractivity contribution is -1.02. The number of aryl methyl sites for hydroxylation is 1. The van der Waals surface area contributed by atoms with E-state index in [1.807, 2.05) is 18.2 Å². The van der Waals surface area contributed by atoms with Gasteiger partial charge in [0.25, 0.3) is 5.91 Å². The molecule has 1 saturated heterocycles. The molecule has 6 heteroatoms. The minimum Gasteiger partial charge on any atom is -0.496 e. The number of hydrogen-bond acceptors (Lipinski definition) is 3. The highest BCUT2D eigenvalue weighted by molar-refractivity contribution is 7.99. The van der Waals surface area contributed by atoms with E-state index in [1.165, 1.54) is 20.9 Å². The summed E-state index contributed by atoms with van der Waals surface area (Å²) in [5.41, 5.74) is 2.55. The van der Waals surface area contributed by atoms with E-state index in [4.69, 9.17) is 4.74 Å². The van der Waals surface area contributed by atoms with Gasteiger partial charge in [-0.3, -0.25) is 4.79 Å². The molecule has 2 aromatic carbocycles. The number of benzene rings is 2. The SMILES string of the molecule is COc1ccc(C)cc1C[NH+]1CC[NH+](CC(=O)NCCSc2ccccc2)CC1. The van der Waals surface area contributed by atoms with Crippen molar-refractivity contribution in [3.8, 4) is 5.75 Å². The molecule has 1 heterocycles. The monoisotopic (exact) mass is 415 g/mol. The molecule has 0 aliphatic carbocycles. The number of carbonyl (C=O) groups excluding carboxylic acids is 1. The zero-order chi connectivity index (χ0) is 20.5. The second kappa shape index (κ2) is 11.2. The highest BCUT2D eigenvalue weighted by Gasteiger charge is 2.25. The van der Waals surface area contributed by atoms with Gasteiger partial charge in [0.2, 0.25) is 0 Å². The molecule has 3 N–H and O–H groups in total. The molecule has 0 radical (unpaired) electrons. The van der Waals surface area contributed by atoms with E-state index in [-0.39, 0.29) is 5.91 Å². The summed E-state index contributed by atoms with van der Waals surface area (Å²) in [6, 6.07) is 16.7. The summed E-state index contributed by atoms with van der Waals surface area (Å²) in [5, 5.41) is 3.07. The molecule has 1 fully saturated rings. The van der Waals surface area contributed by atoms with Crippen molar-refractivity contribution in [1.29, 1.82) is 0 Å². The van der Waals surface area contributed by atoms with E-state index in [2.05, 4.69) is 42.6 Å². The fourth-order valence-electron chi connectivity index (χ4n) is 3.79. The van der Waals surface area contributed by atoms with Crippen LogP contribution < -0.4 is 19.9 Å². The highest BCUT2D eigenvalue weighted by Crippen LogP contribution is 2.18. The number of amides is 1. The molecule has 1 aliphatic rings. The Kier molecular flexibility index (Phi) is 8.40. The number of ether oxygens (including phenoxy) is 1. The van der Waals surface area contributed by atoms with Crippen molar-refractivity contribution in [3.05, 3.63) is 59.7 Å². The van der Waals surface area contributed by atoms with Crippen molar-refractivity contribution >= 4 is 17.7 Å². The van der Waals surface area contributed by atoms with Crippen molar-refractivity contribution in [2.75, 3.05) is 52.1 Å². The fourth-order valence-corrected chi connectivity index (χ4v) is 4.58. The lowest BCUT2D eigenvalue weighted by atomic mass is 10.1. The number of methoxy groups -OCH3 is 1. The minimum absolute atomic E-state index is 0.164. The van der Waals surface area contributed by atoms with Crippen LogP contribution in [0.5, 0.6) is 5.75 Å². The maximum absolute atomic E-state index is 12.3. The summed E-state index contributed by atoms with van der Waals surface area (Å²) >= 11 is 1.78. The Bertz CT molecular complexity index is 777. The number of nitrogens with one attached hydrogen (secondary N) is 3. The topological polar surface area (TPSA) is 47.2 Å². The maximum Gasteiger partial charge on any atom is 0.275 e. The van der Waals surface area contributed by atoms with E-state index in [9.17, 15) is 4.79 Å². The molecule has 1 amide bonds. The van der Waals surface area contributed by atoms with E-state index in [0.29, 0.717) is 6.54 Å². The van der Waals surface area contributed by atoms with Gasteiger partial charge >= 0.3 is 0 Å². The molecule has 0 aromatic heterocycles. The van der Waals surface area contributed by atoms with Crippen molar-refractivity contribution in [3.63, 3.8) is 0 Å². The zero-order valence-corrected chi connectivity index (χ0v) is 18.3. The van der Waals surface area contributed by atoms with Gasteiger partial charge in [-0.25, -0.2) is 0 Å². The molecule has 0 unspecified atom stereocenters. The van der Waals surface area contributed by atoms with Crippen molar-refractivity contribution in [2.45, 2.75) is 18.4 Å². The number of hydrogen-bond donors (Lipinski definition) is 3. The second-order valence-electron chi connectivity index (χ2n) is 7.68. The fraction of sp³-hybridized carbons (Fsp3) is 0.435. The van der Waals surface area contributed by atoms with Crippen LogP contribution in [0.3, 0.4) is 0 Å². The predicted molar refractivity (Wildman–Crippen MR) is 118 cm³/mol. The molecule has 3 rings (SSSR count). The van der Waals surface area contributed by atoms with E-state index >= 15 is 0 Å². The molecule has 0 saturated carbocycles. The van der Waals surface area contributed by atoms with E-state index in [0.717, 1.165) is 50.8 Å². The van der Waals surface area contributed by atoms with Crippen molar-refractivity contribution < 1.29 is 19.3 Å². The molecule has 1 aliphatic heterocycles. The third kappa shape index (κ3) is 7.07. The first-order chi connectivity index (χ1) is 14.1. The Labute approximate surface area is 178 Å². The second-order valence-corrected chi connectivity index (χ2v) is 8.85. The normalized spacial score (nSPS) is 19.0. The third-order valence-electron chi connectivity index (χ3n) is 5.39. The Hall–Kier alpha value is -2.02. The largest absolute Gasteiger partial charge is 0.496 e. The first-order valence-electron chi connectivity index (χ1n) is 10.4. The summed E-state index contributed by atoms with van der Waals surface area (Å²) in [6.45, 7) is 8.66. The molecule has 156 valence electrons. The first-order valence-corrected chi connectivity index (χ1v) is 11.4. The summed E-state index contributed by atoms with van der Waals surface area (Å²) in [4.78, 5) is 16.5. The number of quaternary nitrogens is 2. The third-order valence-corrected chi connectivity index (χ3v) is 6.40. The Balaban J connectivity index is 1.34. The molecule has 0 atom stereocenters. The van der Waals surface area contributed by atoms with Crippen LogP contribution in [-0.4, -0.2) is 58.0 Å². The Morgan fingerprint density at radius 2 is 1.79 bits per heavy atom. The minimum atomic E-state index is 0.164. The molecule has 5 nitrogen and oxygen atoms in total. The van der Waals surface area contributed by atoms with Crippen LogP contribution in [0.1, 0.15) is 11.1 Å². The lowest BCUT2D eigenvalue weighted by Gasteiger charge is -2.29. The highest BCUT2D eigenvalue weighted by atomic mass is 32.2. The van der Waals surface area contributed by atoms with Crippen LogP contribution in [0.25, 0.3) is 0 Å². The van der Waals surface area contributed by atoms with Crippen LogP contribution in [0.15, 0.2) is 53.4 Å². The summed E-state index contributed by atoms with van der Waals surface area (Å²) in [6.07, 6.45) is 0. The smallest absolute Gasteiger partial charge is 0.275 e. The number of piperazine rings is 1. The molecular formula is C23H33N3O2S+2. The first kappa shape index (κ1) is 21.7. The zero-order valence-electron chi connectivity index (χ0n) is 17.5. The van der Waals surface area contributed by atoms with Crippen LogP contribution in [0.4, 0.5) is 0 Å². The van der Waals surface area contributed by atoms with Crippen LogP contribution in [0, 0.1) is 6.92 Å². The Morgan fingerprint density at radius 1 is 1.07 bits per heavy atom. The predicted octanol–water partition coefficient (Wildman–Crippen LogP) is 0.196. The quantitative estimate of drug-likeness (QED) is 0.405. The summed E-state index contributed by atoms with van der Waals surface area (Å²) in [5.74, 6) is 2.05. The average Bonchev–Trinajstić information content (AvgIpc) is 2.74. The molecule has 29 heavy (non-hydrogen) atoms. The number of carbonyl (C=O) groups is 1. The van der Waals surface area contributed by atoms with Gasteiger partial charge in [0.05, 0.1) is 7.11 Å². The molecular weight excluding hydrogens is 382 g/mol. The van der Waals surface area contributed by atoms with Gasteiger partial charge in [0.15, 0.2) is 6.54 Å². The lowest BCUT2D eigenvalue weighted by Crippen LogP contribution is -3.28. The average molecular weight is 416 g/mol. The van der Waals surface area contributed by atoms with Gasteiger partial charge in [-0.1, -0.05) is 29.8 Å². The summed E-state index contributed by atoms with van der Waals surface area (Å²) in [7, 11) is 1.74. The van der Waals surface area contributed by atoms with E-state index in [1.54, 1.807) is 23.8 Å². The molecule has 0 spiro atoms. The maximum atomic E-state index is 12.3. The summed E-state index contributed by atoms with van der Waals surface area (Å²) < 4.78 is 5.52. The van der Waals surface area contributed by atoms with Gasteiger partial charge in [-0.05, 0) is 31.2 Å². The van der Waals surface area contributed by atoms with Crippen LogP contribution in [0.2, 0.25) is 0 Å². The number of rotatable bonds is 9. The van der Waals surface area contributed by atoms with E-state index < -0.39 is 0 Å². The van der Waals surface area contributed by atoms with Gasteiger partial charge < -0.3 is 19.9 Å². The van der Waals surface area contributed by atoms with Gasteiger partial charge in [-0.2, -0.15) is 0 Å². The number of thioether (sulfide) groups is 1. The Morgan fingerprint density at radius 3 is 2.52 bits per heavy atom. The van der Waals surface area contributed by atoms with Crippen LogP contribution in [-0.2, 0) is 11.3 Å².